The van der Waals surface area contributed by atoms with Gasteiger partial charge in [0, 0.05) is 55.7 Å². The van der Waals surface area contributed by atoms with Crippen LogP contribution in [0.1, 0.15) is 38.4 Å². The summed E-state index contributed by atoms with van der Waals surface area (Å²) in [6.45, 7) is 7.45. The van der Waals surface area contributed by atoms with Crippen LogP contribution < -0.4 is 9.64 Å². The predicted octanol–water partition coefficient (Wildman–Crippen LogP) is 4.62. The highest BCUT2D eigenvalue weighted by molar-refractivity contribution is 5.90. The lowest BCUT2D eigenvalue weighted by Crippen LogP contribution is -2.46. The van der Waals surface area contributed by atoms with Crippen molar-refractivity contribution < 1.29 is 14.3 Å². The third kappa shape index (κ3) is 3.71. The molecule has 7 nitrogen and oxygen atoms in total. The minimum absolute atomic E-state index is 0.236. The van der Waals surface area contributed by atoms with E-state index in [9.17, 15) is 4.79 Å². The maximum absolute atomic E-state index is 12.6. The number of fused-ring (bicyclic) bond motifs is 1. The molecule has 0 N–H and O–H groups in total. The van der Waals surface area contributed by atoms with Gasteiger partial charge in [-0.15, -0.1) is 0 Å². The molecule has 2 aliphatic rings. The quantitative estimate of drug-likeness (QED) is 0.587. The second-order valence-corrected chi connectivity index (χ2v) is 9.12. The number of ether oxygens (including phenoxy) is 2. The molecule has 0 bridgehead atoms. The second kappa shape index (κ2) is 8.13. The van der Waals surface area contributed by atoms with Crippen molar-refractivity contribution in [1.82, 2.24) is 14.7 Å². The number of aromatic nitrogens is 2. The number of piperidine rings is 1. The minimum Gasteiger partial charge on any atom is -0.497 e. The number of nitrogens with zero attached hydrogens (tertiary/aromatic N) is 4. The first-order valence-electron chi connectivity index (χ1n) is 11.3. The van der Waals surface area contributed by atoms with Crippen molar-refractivity contribution >= 4 is 22.7 Å². The largest absolute Gasteiger partial charge is 0.497 e. The lowest BCUT2D eigenvalue weighted by atomic mass is 9.91. The summed E-state index contributed by atoms with van der Waals surface area (Å²) in [6.07, 6.45) is 1.43. The Morgan fingerprint density at radius 2 is 1.88 bits per heavy atom. The van der Waals surface area contributed by atoms with Gasteiger partial charge in [-0.3, -0.25) is 14.5 Å². The molecule has 0 atom stereocenters. The SMILES string of the molecule is COc1ccc2c(CN3CCC4(CC3)CN(c3ccccc3)C(=O)O4)nn(C(C)C)c2c1. The second-order valence-electron chi connectivity index (χ2n) is 9.12. The standard InChI is InChI=1S/C25H30N4O3/c1-18(2)29-23-15-20(31-3)9-10-21(23)22(26-29)16-27-13-11-25(12-14-27)17-28(24(30)32-25)19-7-5-4-6-8-19/h4-10,15,18H,11-14,16-17H2,1-3H3. The molecule has 2 saturated heterocycles. The molecule has 7 heteroatoms. The van der Waals surface area contributed by atoms with E-state index in [0.717, 1.165) is 55.1 Å². The molecule has 2 fully saturated rings. The van der Waals surface area contributed by atoms with Gasteiger partial charge in [0.05, 0.1) is 24.9 Å². The van der Waals surface area contributed by atoms with Gasteiger partial charge >= 0.3 is 6.09 Å². The lowest BCUT2D eigenvalue weighted by Gasteiger charge is -2.37. The zero-order chi connectivity index (χ0) is 22.3. The maximum Gasteiger partial charge on any atom is 0.415 e. The van der Waals surface area contributed by atoms with E-state index in [1.807, 2.05) is 36.4 Å². The van der Waals surface area contributed by atoms with Crippen molar-refractivity contribution in [2.75, 3.05) is 31.6 Å². The summed E-state index contributed by atoms with van der Waals surface area (Å²) in [4.78, 5) is 16.7. The summed E-state index contributed by atoms with van der Waals surface area (Å²) in [7, 11) is 1.69. The number of carbonyl (C=O) groups is 1. The third-order valence-corrected chi connectivity index (χ3v) is 6.66. The smallest absolute Gasteiger partial charge is 0.415 e. The Balaban J connectivity index is 1.30. The minimum atomic E-state index is -0.393. The van der Waals surface area contributed by atoms with Gasteiger partial charge in [-0.2, -0.15) is 5.10 Å². The fraction of sp³-hybridized carbons (Fsp3) is 0.440. The summed E-state index contributed by atoms with van der Waals surface area (Å²) in [6, 6.07) is 16.2. The molecule has 1 aromatic heterocycles. The van der Waals surface area contributed by atoms with E-state index in [1.165, 1.54) is 5.39 Å². The number of hydrogen-bond donors (Lipinski definition) is 0. The van der Waals surface area contributed by atoms with Gasteiger partial charge in [0.1, 0.15) is 11.4 Å². The Hall–Kier alpha value is -3.06. The molecular weight excluding hydrogens is 404 g/mol. The van der Waals surface area contributed by atoms with Gasteiger partial charge in [-0.1, -0.05) is 18.2 Å². The van der Waals surface area contributed by atoms with E-state index in [4.69, 9.17) is 14.6 Å². The number of likely N-dealkylation sites (tertiary alicyclic amines) is 1. The highest BCUT2D eigenvalue weighted by Crippen LogP contribution is 2.36. The van der Waals surface area contributed by atoms with Crippen LogP contribution in [0.2, 0.25) is 0 Å². The van der Waals surface area contributed by atoms with E-state index < -0.39 is 5.60 Å². The number of rotatable bonds is 5. The molecule has 32 heavy (non-hydrogen) atoms. The molecule has 0 unspecified atom stereocenters. The van der Waals surface area contributed by atoms with Crippen molar-refractivity contribution in [3.05, 3.63) is 54.2 Å². The summed E-state index contributed by atoms with van der Waals surface area (Å²) in [5, 5.41) is 6.11. The van der Waals surface area contributed by atoms with Crippen molar-refractivity contribution in [3.63, 3.8) is 0 Å². The molecule has 0 radical (unpaired) electrons. The van der Waals surface area contributed by atoms with Gasteiger partial charge in [-0.05, 0) is 38.1 Å². The fourth-order valence-corrected chi connectivity index (χ4v) is 4.84. The first kappa shape index (κ1) is 20.8. The number of carbonyl (C=O) groups excluding carboxylic acids is 1. The van der Waals surface area contributed by atoms with Crippen LogP contribution in [0.25, 0.3) is 10.9 Å². The Labute approximate surface area is 188 Å². The number of amides is 1. The molecular formula is C25H30N4O3. The summed E-state index contributed by atoms with van der Waals surface area (Å²) < 4.78 is 13.4. The lowest BCUT2D eigenvalue weighted by molar-refractivity contribution is -0.00119. The molecule has 1 spiro atoms. The summed E-state index contributed by atoms with van der Waals surface area (Å²) in [5.74, 6) is 0.844. The molecule has 2 aromatic carbocycles. The van der Waals surface area contributed by atoms with Crippen LogP contribution in [0.3, 0.4) is 0 Å². The van der Waals surface area contributed by atoms with E-state index in [0.29, 0.717) is 6.54 Å². The van der Waals surface area contributed by atoms with Gasteiger partial charge in [0.25, 0.3) is 0 Å². The van der Waals surface area contributed by atoms with Crippen LogP contribution in [0, 0.1) is 0 Å². The van der Waals surface area contributed by atoms with Crippen molar-refractivity contribution in [2.24, 2.45) is 0 Å². The number of methoxy groups -OCH3 is 1. The van der Waals surface area contributed by atoms with Crippen LogP contribution in [0.4, 0.5) is 10.5 Å². The van der Waals surface area contributed by atoms with Crippen molar-refractivity contribution in [1.29, 1.82) is 0 Å². The van der Waals surface area contributed by atoms with Crippen molar-refractivity contribution in [3.8, 4) is 5.75 Å². The van der Waals surface area contributed by atoms with Crippen LogP contribution in [0.5, 0.6) is 5.75 Å². The van der Waals surface area contributed by atoms with Gasteiger partial charge in [0.15, 0.2) is 0 Å². The fourth-order valence-electron chi connectivity index (χ4n) is 4.84. The summed E-state index contributed by atoms with van der Waals surface area (Å²) >= 11 is 0. The van der Waals surface area contributed by atoms with Gasteiger partial charge in [0.2, 0.25) is 0 Å². The first-order chi connectivity index (χ1) is 15.5. The molecule has 1 amide bonds. The van der Waals surface area contributed by atoms with E-state index in [-0.39, 0.29) is 12.1 Å². The molecule has 0 saturated carbocycles. The molecule has 2 aliphatic heterocycles. The van der Waals surface area contributed by atoms with E-state index in [1.54, 1.807) is 12.0 Å². The maximum atomic E-state index is 12.6. The number of anilines is 1. The van der Waals surface area contributed by atoms with Crippen LogP contribution in [-0.4, -0.2) is 53.1 Å². The van der Waals surface area contributed by atoms with Crippen LogP contribution >= 0.6 is 0 Å². The van der Waals surface area contributed by atoms with Gasteiger partial charge in [-0.25, -0.2) is 4.79 Å². The summed E-state index contributed by atoms with van der Waals surface area (Å²) in [5.41, 5.74) is 2.70. The number of para-hydroxylation sites is 1. The molecule has 3 heterocycles. The Bertz CT molecular complexity index is 1120. The van der Waals surface area contributed by atoms with Crippen LogP contribution in [0.15, 0.2) is 48.5 Å². The van der Waals surface area contributed by atoms with E-state index >= 15 is 0 Å². The predicted molar refractivity (Wildman–Crippen MR) is 124 cm³/mol. The van der Waals surface area contributed by atoms with Crippen LogP contribution in [-0.2, 0) is 11.3 Å². The molecule has 3 aromatic rings. The monoisotopic (exact) mass is 434 g/mol. The van der Waals surface area contributed by atoms with E-state index in [2.05, 4.69) is 35.6 Å². The molecule has 0 aliphatic carbocycles. The zero-order valence-corrected chi connectivity index (χ0v) is 19.0. The average molecular weight is 435 g/mol. The average Bonchev–Trinajstić information content (AvgIpc) is 3.33. The Morgan fingerprint density at radius 3 is 2.56 bits per heavy atom. The Kier molecular flexibility index (Phi) is 5.29. The number of benzene rings is 2. The topological polar surface area (TPSA) is 59.8 Å². The normalized spacial score (nSPS) is 18.6. The third-order valence-electron chi connectivity index (χ3n) is 6.66. The van der Waals surface area contributed by atoms with Gasteiger partial charge < -0.3 is 9.47 Å². The number of hydrogen-bond acceptors (Lipinski definition) is 5. The highest BCUT2D eigenvalue weighted by atomic mass is 16.6. The zero-order valence-electron chi connectivity index (χ0n) is 19.0. The Morgan fingerprint density at radius 1 is 1.12 bits per heavy atom. The molecule has 168 valence electrons. The highest BCUT2D eigenvalue weighted by Gasteiger charge is 2.47. The molecule has 5 rings (SSSR count). The van der Waals surface area contributed by atoms with Crippen molar-refractivity contribution in [2.45, 2.75) is 44.9 Å². The first-order valence-corrected chi connectivity index (χ1v) is 11.3.